The molecule has 0 aromatic heterocycles. The molecule has 0 bridgehead atoms. The molecule has 1 fully saturated rings. The van der Waals surface area contributed by atoms with Crippen LogP contribution in [0.2, 0.25) is 0 Å². The molecule has 0 saturated heterocycles. The van der Waals surface area contributed by atoms with Gasteiger partial charge in [-0.25, -0.2) is 0 Å². The summed E-state index contributed by atoms with van der Waals surface area (Å²) in [5.74, 6) is 1.37. The molecule has 1 atom stereocenters. The van der Waals surface area contributed by atoms with Crippen LogP contribution in [0.15, 0.2) is 12.3 Å². The van der Waals surface area contributed by atoms with Crippen LogP contribution in [0.1, 0.15) is 39.5 Å². The van der Waals surface area contributed by atoms with E-state index in [4.69, 9.17) is 5.73 Å². The molecule has 0 aromatic rings. The highest BCUT2D eigenvalue weighted by Crippen LogP contribution is 2.31. The predicted molar refractivity (Wildman–Crippen MR) is 66.9 cm³/mol. The summed E-state index contributed by atoms with van der Waals surface area (Å²) >= 11 is 0. The van der Waals surface area contributed by atoms with Crippen molar-refractivity contribution < 1.29 is 4.79 Å². The molecule has 3 N–H and O–H groups in total. The van der Waals surface area contributed by atoms with Gasteiger partial charge < -0.3 is 11.1 Å². The van der Waals surface area contributed by atoms with Gasteiger partial charge in [-0.3, -0.25) is 4.79 Å². The first-order chi connectivity index (χ1) is 7.54. The van der Waals surface area contributed by atoms with Crippen molar-refractivity contribution in [2.75, 3.05) is 6.54 Å². The normalized spacial score (nSPS) is 27.2. The zero-order chi connectivity index (χ0) is 12.1. The summed E-state index contributed by atoms with van der Waals surface area (Å²) in [5.41, 5.74) is 6.69. The maximum atomic E-state index is 11.1. The third-order valence-electron chi connectivity index (χ3n) is 3.68. The van der Waals surface area contributed by atoms with E-state index in [0.717, 1.165) is 25.1 Å². The molecule has 1 aliphatic carbocycles. The molecule has 1 rings (SSSR count). The number of rotatable bonds is 5. The summed E-state index contributed by atoms with van der Waals surface area (Å²) in [6, 6.07) is -0.111. The molecule has 0 unspecified atom stereocenters. The second-order valence-electron chi connectivity index (χ2n) is 4.96. The maximum Gasteiger partial charge on any atom is 0.151 e. The minimum atomic E-state index is -0.111. The van der Waals surface area contributed by atoms with Gasteiger partial charge in [0.15, 0.2) is 5.78 Å². The number of carbonyl (C=O) groups is 1. The van der Waals surface area contributed by atoms with Gasteiger partial charge in [-0.1, -0.05) is 6.58 Å². The molecule has 0 amide bonds. The van der Waals surface area contributed by atoms with Crippen LogP contribution in [0, 0.1) is 11.8 Å². The molecule has 16 heavy (non-hydrogen) atoms. The summed E-state index contributed by atoms with van der Waals surface area (Å²) in [7, 11) is 0. The highest BCUT2D eigenvalue weighted by Gasteiger charge is 2.23. The minimum absolute atomic E-state index is 0.111. The molecular formula is C13H24N2O. The van der Waals surface area contributed by atoms with E-state index in [-0.39, 0.29) is 11.8 Å². The molecular weight excluding hydrogens is 200 g/mol. The molecule has 0 aromatic carbocycles. The fourth-order valence-electron chi connectivity index (χ4n) is 2.24. The number of hydrogen-bond acceptors (Lipinski definition) is 3. The van der Waals surface area contributed by atoms with Crippen LogP contribution in [0.4, 0.5) is 0 Å². The quantitative estimate of drug-likeness (QED) is 0.749. The van der Waals surface area contributed by atoms with E-state index >= 15 is 0 Å². The maximum absolute atomic E-state index is 11.1. The van der Waals surface area contributed by atoms with Crippen molar-refractivity contribution in [2.24, 2.45) is 17.6 Å². The van der Waals surface area contributed by atoms with Crippen LogP contribution in [0.25, 0.3) is 0 Å². The van der Waals surface area contributed by atoms with E-state index < -0.39 is 0 Å². The van der Waals surface area contributed by atoms with Crippen LogP contribution in [-0.4, -0.2) is 18.4 Å². The van der Waals surface area contributed by atoms with Crippen LogP contribution >= 0.6 is 0 Å². The monoisotopic (exact) mass is 224 g/mol. The van der Waals surface area contributed by atoms with E-state index in [1.165, 1.54) is 12.8 Å². The number of nitrogens with two attached hydrogens (primary N) is 1. The lowest BCUT2D eigenvalue weighted by Crippen LogP contribution is -2.35. The molecule has 92 valence electrons. The van der Waals surface area contributed by atoms with Crippen LogP contribution in [-0.2, 0) is 4.79 Å². The van der Waals surface area contributed by atoms with Crippen LogP contribution < -0.4 is 11.1 Å². The summed E-state index contributed by atoms with van der Waals surface area (Å²) in [4.78, 5) is 11.1. The summed E-state index contributed by atoms with van der Waals surface area (Å²) in [6.07, 6.45) is 4.68. The minimum Gasteiger partial charge on any atom is -0.379 e. The average molecular weight is 224 g/mol. The third-order valence-corrected chi connectivity index (χ3v) is 3.68. The Morgan fingerprint density at radius 2 is 2.00 bits per heavy atom. The van der Waals surface area contributed by atoms with Gasteiger partial charge in [0.25, 0.3) is 0 Å². The molecule has 3 nitrogen and oxygen atoms in total. The number of carbonyl (C=O) groups excluding carboxylic acids is 1. The molecule has 0 aliphatic heterocycles. The number of hydrogen-bond donors (Lipinski definition) is 2. The van der Waals surface area contributed by atoms with Crippen molar-refractivity contribution >= 4 is 5.78 Å². The Morgan fingerprint density at radius 3 is 2.44 bits per heavy atom. The molecule has 1 saturated carbocycles. The highest BCUT2D eigenvalue weighted by atomic mass is 16.1. The van der Waals surface area contributed by atoms with E-state index in [1.54, 1.807) is 6.92 Å². The summed E-state index contributed by atoms with van der Waals surface area (Å²) in [6.45, 7) is 8.35. The lowest BCUT2D eigenvalue weighted by atomic mass is 9.80. The Kier molecular flexibility index (Phi) is 5.00. The number of allylic oxidation sites excluding steroid dienone is 1. The molecule has 0 radical (unpaired) electrons. The third kappa shape index (κ3) is 3.63. The highest BCUT2D eigenvalue weighted by molar-refractivity contribution is 5.81. The van der Waals surface area contributed by atoms with Crippen molar-refractivity contribution in [1.82, 2.24) is 5.32 Å². The smallest absolute Gasteiger partial charge is 0.151 e. The van der Waals surface area contributed by atoms with Crippen molar-refractivity contribution in [3.05, 3.63) is 12.3 Å². The molecule has 0 spiro atoms. The van der Waals surface area contributed by atoms with Gasteiger partial charge in [0, 0.05) is 5.70 Å². The Bertz CT molecular complexity index is 255. The lowest BCUT2D eigenvalue weighted by molar-refractivity contribution is -0.118. The van der Waals surface area contributed by atoms with E-state index in [2.05, 4.69) is 11.9 Å². The zero-order valence-corrected chi connectivity index (χ0v) is 10.5. The number of ketones is 1. The van der Waals surface area contributed by atoms with Gasteiger partial charge in [-0.05, 0) is 57.9 Å². The molecule has 1 aliphatic rings. The van der Waals surface area contributed by atoms with Crippen molar-refractivity contribution in [3.63, 3.8) is 0 Å². The summed E-state index contributed by atoms with van der Waals surface area (Å²) in [5, 5.41) is 3.21. The van der Waals surface area contributed by atoms with Crippen molar-refractivity contribution in [2.45, 2.75) is 45.6 Å². The average Bonchev–Trinajstić information content (AvgIpc) is 2.28. The van der Waals surface area contributed by atoms with E-state index in [1.807, 2.05) is 6.92 Å². The van der Waals surface area contributed by atoms with Crippen molar-refractivity contribution in [1.29, 1.82) is 0 Å². The first-order valence-electron chi connectivity index (χ1n) is 6.20. The number of Topliss-reactive ketones (excluding diaryl/α,β-unsaturated/α-hetero) is 1. The van der Waals surface area contributed by atoms with Gasteiger partial charge in [0.05, 0.1) is 6.04 Å². The second kappa shape index (κ2) is 6.04. The number of nitrogens with one attached hydrogen (secondary N) is 1. The standard InChI is InChI=1S/C13H24N2O/c1-9(11(3)16)15-10(2)13-6-4-12(8-14)5-7-13/h9,12-13,15H,2,4-8,14H2,1,3H3/t9-,12-,13-/m0/s1. The lowest BCUT2D eigenvalue weighted by Gasteiger charge is -2.30. The Labute approximate surface area is 98.5 Å². The van der Waals surface area contributed by atoms with Crippen LogP contribution in [0.3, 0.4) is 0 Å². The SMILES string of the molecule is C=C(N[C@@H](C)C(C)=O)[C@H]1CC[C@H](CN)CC1. The van der Waals surface area contributed by atoms with Gasteiger partial charge in [-0.15, -0.1) is 0 Å². The Balaban J connectivity index is 2.36. The van der Waals surface area contributed by atoms with Gasteiger partial charge >= 0.3 is 0 Å². The van der Waals surface area contributed by atoms with Gasteiger partial charge in [0.2, 0.25) is 0 Å². The van der Waals surface area contributed by atoms with Crippen molar-refractivity contribution in [3.8, 4) is 0 Å². The largest absolute Gasteiger partial charge is 0.379 e. The van der Waals surface area contributed by atoms with E-state index in [0.29, 0.717) is 11.8 Å². The predicted octanol–water partition coefficient (Wildman–Crippen LogP) is 1.83. The van der Waals surface area contributed by atoms with Gasteiger partial charge in [-0.2, -0.15) is 0 Å². The Morgan fingerprint density at radius 1 is 1.44 bits per heavy atom. The van der Waals surface area contributed by atoms with E-state index in [9.17, 15) is 4.79 Å². The van der Waals surface area contributed by atoms with Crippen LogP contribution in [0.5, 0.6) is 0 Å². The zero-order valence-electron chi connectivity index (χ0n) is 10.5. The van der Waals surface area contributed by atoms with Gasteiger partial charge in [0.1, 0.15) is 0 Å². The first-order valence-corrected chi connectivity index (χ1v) is 6.20. The second-order valence-corrected chi connectivity index (χ2v) is 4.96. The fourth-order valence-corrected chi connectivity index (χ4v) is 2.24. The first kappa shape index (κ1) is 13.2. The molecule has 0 heterocycles. The molecule has 3 heteroatoms. The Hall–Kier alpha value is -0.830. The summed E-state index contributed by atoms with van der Waals surface area (Å²) < 4.78 is 0. The topological polar surface area (TPSA) is 55.1 Å². The fraction of sp³-hybridized carbons (Fsp3) is 0.769.